The number of guanidine groups is 1. The molecule has 2 fully saturated rings. The number of likely N-dealkylation sites (tertiary alicyclic amines) is 1. The third-order valence-corrected chi connectivity index (χ3v) is 6.02. The summed E-state index contributed by atoms with van der Waals surface area (Å²) in [6, 6.07) is 0. The van der Waals surface area contributed by atoms with E-state index in [0.29, 0.717) is 0 Å². The Kier molecular flexibility index (Phi) is 10.7. The van der Waals surface area contributed by atoms with Crippen LogP contribution >= 0.6 is 35.3 Å². The van der Waals surface area contributed by atoms with Gasteiger partial charge in [0.2, 0.25) is 0 Å². The number of nitrogens with zero attached hydrogens (tertiary/aromatic N) is 4. The fourth-order valence-corrected chi connectivity index (χ4v) is 4.52. The normalized spacial score (nSPS) is 18.4. The van der Waals surface area contributed by atoms with Gasteiger partial charge in [-0.25, -0.2) is 4.98 Å². The fourth-order valence-electron chi connectivity index (χ4n) is 3.60. The summed E-state index contributed by atoms with van der Waals surface area (Å²) in [4.78, 5) is 14.5. The molecule has 0 bridgehead atoms. The Balaban J connectivity index is 0.00000261. The first-order chi connectivity index (χ1) is 12.8. The van der Waals surface area contributed by atoms with Gasteiger partial charge in [0.05, 0.1) is 12.2 Å². The number of aliphatic imine (C=N–C) groups is 1. The summed E-state index contributed by atoms with van der Waals surface area (Å²) in [7, 11) is 0. The molecule has 8 heteroatoms. The molecular weight excluding hydrogens is 471 g/mol. The molecular formula is C19H35IN6S. The van der Waals surface area contributed by atoms with Gasteiger partial charge in [-0.05, 0) is 45.7 Å². The van der Waals surface area contributed by atoms with Crippen LogP contribution in [0.1, 0.15) is 44.7 Å². The fraction of sp³-hybridized carbons (Fsp3) is 0.789. The van der Waals surface area contributed by atoms with Gasteiger partial charge in [-0.2, -0.15) is 0 Å². The Hall–Kier alpha value is -0.610. The highest BCUT2D eigenvalue weighted by Crippen LogP contribution is 2.24. The molecule has 1 aromatic heterocycles. The minimum atomic E-state index is 0. The topological polar surface area (TPSA) is 55.8 Å². The van der Waals surface area contributed by atoms with Gasteiger partial charge in [-0.15, -0.1) is 35.3 Å². The van der Waals surface area contributed by atoms with Crippen LogP contribution in [0.2, 0.25) is 0 Å². The molecule has 154 valence electrons. The molecule has 0 saturated carbocycles. The molecule has 2 aliphatic rings. The second-order valence-electron chi connectivity index (χ2n) is 7.16. The van der Waals surface area contributed by atoms with E-state index in [4.69, 9.17) is 9.98 Å². The Morgan fingerprint density at radius 1 is 1.11 bits per heavy atom. The van der Waals surface area contributed by atoms with Crippen molar-refractivity contribution < 1.29 is 0 Å². The summed E-state index contributed by atoms with van der Waals surface area (Å²) in [5.41, 5.74) is 1.19. The molecule has 2 aliphatic heterocycles. The molecule has 0 amide bonds. The molecule has 2 saturated heterocycles. The van der Waals surface area contributed by atoms with Crippen molar-refractivity contribution in [2.75, 3.05) is 57.3 Å². The van der Waals surface area contributed by atoms with Gasteiger partial charge in [-0.1, -0.05) is 6.42 Å². The summed E-state index contributed by atoms with van der Waals surface area (Å²) >= 11 is 1.78. The zero-order valence-corrected chi connectivity index (χ0v) is 19.7. The van der Waals surface area contributed by atoms with E-state index in [0.717, 1.165) is 38.6 Å². The maximum absolute atomic E-state index is 4.80. The number of piperidine rings is 1. The highest BCUT2D eigenvalue weighted by Gasteiger charge is 2.15. The molecule has 0 unspecified atom stereocenters. The van der Waals surface area contributed by atoms with Crippen LogP contribution in [-0.4, -0.2) is 68.2 Å². The number of nitrogens with one attached hydrogen (secondary N) is 2. The predicted octanol–water partition coefficient (Wildman–Crippen LogP) is 2.94. The van der Waals surface area contributed by atoms with Crippen molar-refractivity contribution in [3.63, 3.8) is 0 Å². The zero-order valence-electron chi connectivity index (χ0n) is 16.6. The quantitative estimate of drug-likeness (QED) is 0.323. The van der Waals surface area contributed by atoms with Gasteiger partial charge < -0.3 is 20.4 Å². The lowest BCUT2D eigenvalue weighted by molar-refractivity contribution is 0.235. The summed E-state index contributed by atoms with van der Waals surface area (Å²) in [5.74, 6) is 0.930. The van der Waals surface area contributed by atoms with Crippen LogP contribution in [0.5, 0.6) is 0 Å². The SMILES string of the molecule is CCNC(=NCCN1CCCCC1)NCCc1csc(N2CCCC2)n1.I. The smallest absolute Gasteiger partial charge is 0.191 e. The predicted molar refractivity (Wildman–Crippen MR) is 127 cm³/mol. The molecule has 0 atom stereocenters. The maximum Gasteiger partial charge on any atom is 0.191 e. The van der Waals surface area contributed by atoms with E-state index in [9.17, 15) is 0 Å². The van der Waals surface area contributed by atoms with E-state index in [-0.39, 0.29) is 24.0 Å². The van der Waals surface area contributed by atoms with Gasteiger partial charge in [0, 0.05) is 44.5 Å². The van der Waals surface area contributed by atoms with E-state index in [1.54, 1.807) is 11.3 Å². The average Bonchev–Trinajstić information content (AvgIpc) is 3.34. The first kappa shape index (κ1) is 22.7. The Morgan fingerprint density at radius 3 is 2.59 bits per heavy atom. The summed E-state index contributed by atoms with van der Waals surface area (Å²) in [6.07, 6.45) is 7.62. The number of halogens is 1. The molecule has 0 radical (unpaired) electrons. The molecule has 6 nitrogen and oxygen atoms in total. The second-order valence-corrected chi connectivity index (χ2v) is 7.99. The van der Waals surface area contributed by atoms with Crippen LogP contribution in [0.15, 0.2) is 10.4 Å². The van der Waals surface area contributed by atoms with Crippen LogP contribution in [0.4, 0.5) is 5.13 Å². The Labute approximate surface area is 185 Å². The summed E-state index contributed by atoms with van der Waals surface area (Å²) in [6.45, 7) is 10.6. The number of rotatable bonds is 8. The number of thiazole rings is 1. The van der Waals surface area contributed by atoms with Crippen LogP contribution in [-0.2, 0) is 6.42 Å². The van der Waals surface area contributed by atoms with E-state index >= 15 is 0 Å². The van der Waals surface area contributed by atoms with Gasteiger partial charge >= 0.3 is 0 Å². The van der Waals surface area contributed by atoms with E-state index in [1.807, 2.05) is 0 Å². The summed E-state index contributed by atoms with van der Waals surface area (Å²) < 4.78 is 0. The van der Waals surface area contributed by atoms with Crippen molar-refractivity contribution in [3.05, 3.63) is 11.1 Å². The van der Waals surface area contributed by atoms with Crippen molar-refractivity contribution in [3.8, 4) is 0 Å². The first-order valence-corrected chi connectivity index (χ1v) is 11.2. The minimum absolute atomic E-state index is 0. The van der Waals surface area contributed by atoms with E-state index in [1.165, 1.54) is 69.1 Å². The van der Waals surface area contributed by atoms with Crippen molar-refractivity contribution >= 4 is 46.4 Å². The zero-order chi connectivity index (χ0) is 18.0. The standard InChI is InChI=1S/C19H34N6S.HI/c1-2-20-18(22-10-15-24-11-4-3-5-12-24)21-9-8-17-16-26-19(23-17)25-13-6-7-14-25;/h16H,2-15H2,1H3,(H2,20,21,22);1H. The van der Waals surface area contributed by atoms with Crippen molar-refractivity contribution in [1.82, 2.24) is 20.5 Å². The number of hydrogen-bond acceptors (Lipinski definition) is 5. The van der Waals surface area contributed by atoms with Gasteiger partial charge in [-0.3, -0.25) is 4.99 Å². The third-order valence-electron chi connectivity index (χ3n) is 5.07. The van der Waals surface area contributed by atoms with E-state index in [2.05, 4.69) is 32.7 Å². The lowest BCUT2D eigenvalue weighted by atomic mass is 10.1. The summed E-state index contributed by atoms with van der Waals surface area (Å²) in [5, 5.41) is 10.2. The highest BCUT2D eigenvalue weighted by molar-refractivity contribution is 14.0. The van der Waals surface area contributed by atoms with Crippen LogP contribution in [0, 0.1) is 0 Å². The average molecular weight is 507 g/mol. The van der Waals surface area contributed by atoms with Crippen molar-refractivity contribution in [2.45, 2.75) is 45.4 Å². The number of anilines is 1. The second kappa shape index (κ2) is 12.8. The third kappa shape index (κ3) is 7.73. The largest absolute Gasteiger partial charge is 0.357 e. The molecule has 0 aromatic carbocycles. The highest BCUT2D eigenvalue weighted by atomic mass is 127. The van der Waals surface area contributed by atoms with E-state index < -0.39 is 0 Å². The Morgan fingerprint density at radius 2 is 1.85 bits per heavy atom. The molecule has 2 N–H and O–H groups in total. The molecule has 0 spiro atoms. The van der Waals surface area contributed by atoms with Crippen molar-refractivity contribution in [2.24, 2.45) is 4.99 Å². The van der Waals surface area contributed by atoms with Gasteiger partial charge in [0.25, 0.3) is 0 Å². The van der Waals surface area contributed by atoms with Crippen LogP contribution < -0.4 is 15.5 Å². The van der Waals surface area contributed by atoms with Crippen molar-refractivity contribution in [1.29, 1.82) is 0 Å². The maximum atomic E-state index is 4.80. The first-order valence-electron chi connectivity index (χ1n) is 10.3. The number of aromatic nitrogens is 1. The lowest BCUT2D eigenvalue weighted by Crippen LogP contribution is -2.39. The number of hydrogen-bond donors (Lipinski definition) is 2. The minimum Gasteiger partial charge on any atom is -0.357 e. The molecule has 3 rings (SSSR count). The lowest BCUT2D eigenvalue weighted by Gasteiger charge is -2.25. The monoisotopic (exact) mass is 506 g/mol. The van der Waals surface area contributed by atoms with Crippen LogP contribution in [0.25, 0.3) is 0 Å². The molecule has 27 heavy (non-hydrogen) atoms. The Bertz CT molecular complexity index is 552. The van der Waals surface area contributed by atoms with Crippen LogP contribution in [0.3, 0.4) is 0 Å². The van der Waals surface area contributed by atoms with Gasteiger partial charge in [0.1, 0.15) is 0 Å². The molecule has 0 aliphatic carbocycles. The molecule has 1 aromatic rings. The van der Waals surface area contributed by atoms with Gasteiger partial charge in [0.15, 0.2) is 11.1 Å². The molecule has 3 heterocycles.